The van der Waals surface area contributed by atoms with Gasteiger partial charge in [0.2, 0.25) is 0 Å². The van der Waals surface area contributed by atoms with Gasteiger partial charge in [0.25, 0.3) is 5.91 Å². The zero-order valence-electron chi connectivity index (χ0n) is 11.4. The summed E-state index contributed by atoms with van der Waals surface area (Å²) in [6.07, 6.45) is 2.55. The molecule has 0 aromatic carbocycles. The van der Waals surface area contributed by atoms with Crippen LogP contribution in [0.3, 0.4) is 0 Å². The fourth-order valence-corrected chi connectivity index (χ4v) is 3.29. The van der Waals surface area contributed by atoms with Gasteiger partial charge in [0.05, 0.1) is 17.8 Å². The van der Waals surface area contributed by atoms with Crippen LogP contribution < -0.4 is 0 Å². The summed E-state index contributed by atoms with van der Waals surface area (Å²) in [6, 6.07) is -0.451. The van der Waals surface area contributed by atoms with Crippen molar-refractivity contribution in [1.29, 1.82) is 0 Å². The highest BCUT2D eigenvalue weighted by Crippen LogP contribution is 2.25. The van der Waals surface area contributed by atoms with Crippen LogP contribution in [0.1, 0.15) is 39.6 Å². The number of ether oxygens (including phenoxy) is 1. The van der Waals surface area contributed by atoms with E-state index in [9.17, 15) is 9.59 Å². The van der Waals surface area contributed by atoms with Crippen molar-refractivity contribution in [3.05, 3.63) is 15.6 Å². The molecule has 1 aliphatic rings. The fraction of sp³-hybridized carbons (Fsp3) is 0.615. The Kier molecular flexibility index (Phi) is 4.19. The molecule has 2 rings (SSSR count). The maximum Gasteiger partial charge on any atom is 0.328 e. The zero-order valence-corrected chi connectivity index (χ0v) is 12.2. The number of carbonyl (C=O) groups is 2. The molecule has 5 nitrogen and oxygen atoms in total. The van der Waals surface area contributed by atoms with E-state index < -0.39 is 6.04 Å². The molecule has 0 bridgehead atoms. The molecule has 1 aliphatic heterocycles. The van der Waals surface area contributed by atoms with E-state index in [0.29, 0.717) is 17.8 Å². The van der Waals surface area contributed by atoms with E-state index in [0.717, 1.165) is 23.5 Å². The lowest BCUT2D eigenvalue weighted by molar-refractivity contribution is -0.147. The molecule has 0 saturated carbocycles. The van der Waals surface area contributed by atoms with E-state index in [1.807, 2.05) is 13.8 Å². The van der Waals surface area contributed by atoms with Crippen molar-refractivity contribution in [3.63, 3.8) is 0 Å². The van der Waals surface area contributed by atoms with Gasteiger partial charge in [-0.3, -0.25) is 4.79 Å². The average molecular weight is 282 g/mol. The van der Waals surface area contributed by atoms with Gasteiger partial charge >= 0.3 is 5.97 Å². The Morgan fingerprint density at radius 1 is 1.37 bits per heavy atom. The van der Waals surface area contributed by atoms with Crippen molar-refractivity contribution >= 4 is 23.2 Å². The van der Waals surface area contributed by atoms with Gasteiger partial charge in [-0.2, -0.15) is 0 Å². The standard InChI is InChI=1S/C13H18N2O3S/c1-8-11(19-9(2)14-8)12(16)15-7-5-4-6-10(15)13(17)18-3/h10H,4-7H2,1-3H3/t10-/m1/s1. The summed E-state index contributed by atoms with van der Waals surface area (Å²) in [5.41, 5.74) is 0.738. The molecule has 1 aromatic rings. The minimum atomic E-state index is -0.451. The van der Waals surface area contributed by atoms with Crippen molar-refractivity contribution < 1.29 is 14.3 Å². The molecule has 1 fully saturated rings. The number of amides is 1. The molecule has 0 aliphatic carbocycles. The van der Waals surface area contributed by atoms with Gasteiger partial charge in [-0.25, -0.2) is 9.78 Å². The summed E-state index contributed by atoms with van der Waals surface area (Å²) in [6.45, 7) is 4.31. The Morgan fingerprint density at radius 3 is 2.68 bits per heavy atom. The Balaban J connectivity index is 2.25. The maximum atomic E-state index is 12.6. The van der Waals surface area contributed by atoms with Crippen LogP contribution in [0, 0.1) is 13.8 Å². The predicted octanol–water partition coefficient (Wildman–Crippen LogP) is 1.93. The molecule has 0 spiro atoms. The number of likely N-dealkylation sites (tertiary alicyclic amines) is 1. The van der Waals surface area contributed by atoms with Crippen molar-refractivity contribution in [1.82, 2.24) is 9.88 Å². The van der Waals surface area contributed by atoms with Crippen LogP contribution in [0.5, 0.6) is 0 Å². The molecule has 104 valence electrons. The van der Waals surface area contributed by atoms with Gasteiger partial charge in [-0.1, -0.05) is 0 Å². The molecule has 6 heteroatoms. The number of carbonyl (C=O) groups excluding carboxylic acids is 2. The number of aromatic nitrogens is 1. The van der Waals surface area contributed by atoms with Crippen molar-refractivity contribution in [3.8, 4) is 0 Å². The van der Waals surface area contributed by atoms with E-state index in [4.69, 9.17) is 4.74 Å². The number of aryl methyl sites for hydroxylation is 2. The SMILES string of the molecule is COC(=O)[C@H]1CCCCN1C(=O)c1sc(C)nc1C. The van der Waals surface area contributed by atoms with Gasteiger partial charge < -0.3 is 9.64 Å². The number of hydrogen-bond acceptors (Lipinski definition) is 5. The minimum absolute atomic E-state index is 0.0989. The number of methoxy groups -OCH3 is 1. The monoisotopic (exact) mass is 282 g/mol. The van der Waals surface area contributed by atoms with Gasteiger partial charge in [-0.05, 0) is 33.1 Å². The summed E-state index contributed by atoms with van der Waals surface area (Å²) >= 11 is 1.38. The molecule has 1 amide bonds. The lowest BCUT2D eigenvalue weighted by Gasteiger charge is -2.33. The molecule has 0 radical (unpaired) electrons. The highest BCUT2D eigenvalue weighted by molar-refractivity contribution is 7.13. The summed E-state index contributed by atoms with van der Waals surface area (Å²) in [7, 11) is 1.36. The van der Waals surface area contributed by atoms with Crippen LogP contribution in [0.15, 0.2) is 0 Å². The second kappa shape index (κ2) is 5.69. The van der Waals surface area contributed by atoms with E-state index in [1.165, 1.54) is 18.4 Å². The van der Waals surface area contributed by atoms with Gasteiger partial charge in [0.15, 0.2) is 0 Å². The molecule has 0 unspecified atom stereocenters. The van der Waals surface area contributed by atoms with Gasteiger partial charge in [0.1, 0.15) is 10.9 Å². The summed E-state index contributed by atoms with van der Waals surface area (Å²) in [4.78, 5) is 30.9. The number of hydrogen-bond donors (Lipinski definition) is 0. The molecule has 2 heterocycles. The number of nitrogens with zero attached hydrogens (tertiary/aromatic N) is 2. The zero-order chi connectivity index (χ0) is 14.0. The quantitative estimate of drug-likeness (QED) is 0.778. The van der Waals surface area contributed by atoms with Crippen LogP contribution in [0.2, 0.25) is 0 Å². The van der Waals surface area contributed by atoms with Crippen LogP contribution >= 0.6 is 11.3 Å². The van der Waals surface area contributed by atoms with Gasteiger partial charge in [0, 0.05) is 6.54 Å². The van der Waals surface area contributed by atoms with Crippen molar-refractivity contribution in [2.45, 2.75) is 39.2 Å². The highest BCUT2D eigenvalue weighted by atomic mass is 32.1. The Morgan fingerprint density at radius 2 is 2.11 bits per heavy atom. The fourth-order valence-electron chi connectivity index (χ4n) is 2.42. The van der Waals surface area contributed by atoms with E-state index in [-0.39, 0.29) is 11.9 Å². The first-order chi connectivity index (χ1) is 9.04. The lowest BCUT2D eigenvalue weighted by Crippen LogP contribution is -2.48. The first-order valence-electron chi connectivity index (χ1n) is 6.37. The Bertz CT molecular complexity index is 498. The van der Waals surface area contributed by atoms with E-state index >= 15 is 0 Å². The Labute approximate surface area is 116 Å². The smallest absolute Gasteiger partial charge is 0.328 e. The summed E-state index contributed by atoms with van der Waals surface area (Å²) < 4.78 is 4.80. The first kappa shape index (κ1) is 14.0. The van der Waals surface area contributed by atoms with Crippen LogP contribution in [-0.4, -0.2) is 41.5 Å². The van der Waals surface area contributed by atoms with E-state index in [1.54, 1.807) is 4.90 Å². The third kappa shape index (κ3) is 2.78. The normalized spacial score (nSPS) is 19.3. The second-order valence-corrected chi connectivity index (χ2v) is 5.88. The number of rotatable bonds is 2. The molecule has 1 aromatic heterocycles. The predicted molar refractivity (Wildman–Crippen MR) is 72.3 cm³/mol. The Hall–Kier alpha value is -1.43. The molecule has 1 atom stereocenters. The molecule has 0 N–H and O–H groups in total. The molecule has 1 saturated heterocycles. The average Bonchev–Trinajstić information content (AvgIpc) is 2.76. The molecular weight excluding hydrogens is 264 g/mol. The lowest BCUT2D eigenvalue weighted by atomic mass is 10.0. The third-order valence-electron chi connectivity index (χ3n) is 3.33. The topological polar surface area (TPSA) is 59.5 Å². The van der Waals surface area contributed by atoms with Crippen molar-refractivity contribution in [2.75, 3.05) is 13.7 Å². The maximum absolute atomic E-state index is 12.6. The second-order valence-electron chi connectivity index (χ2n) is 4.68. The summed E-state index contributed by atoms with van der Waals surface area (Å²) in [5, 5.41) is 0.868. The largest absolute Gasteiger partial charge is 0.467 e. The highest BCUT2D eigenvalue weighted by Gasteiger charge is 2.34. The number of esters is 1. The summed E-state index contributed by atoms with van der Waals surface area (Å²) in [5.74, 6) is -0.426. The van der Waals surface area contributed by atoms with Crippen LogP contribution in [0.25, 0.3) is 0 Å². The van der Waals surface area contributed by atoms with Crippen LogP contribution in [0.4, 0.5) is 0 Å². The van der Waals surface area contributed by atoms with Crippen molar-refractivity contribution in [2.24, 2.45) is 0 Å². The third-order valence-corrected chi connectivity index (χ3v) is 4.40. The number of thiazole rings is 1. The van der Waals surface area contributed by atoms with Crippen LogP contribution in [-0.2, 0) is 9.53 Å². The van der Waals surface area contributed by atoms with E-state index in [2.05, 4.69) is 4.98 Å². The number of piperidine rings is 1. The molecular formula is C13H18N2O3S. The minimum Gasteiger partial charge on any atom is -0.467 e. The molecule has 19 heavy (non-hydrogen) atoms. The first-order valence-corrected chi connectivity index (χ1v) is 7.19. The van der Waals surface area contributed by atoms with Gasteiger partial charge in [-0.15, -0.1) is 11.3 Å².